The molecule has 1 aromatic heterocycles. The molecule has 110 valence electrons. The molecule has 0 N–H and O–H groups in total. The summed E-state index contributed by atoms with van der Waals surface area (Å²) >= 11 is 0. The van der Waals surface area contributed by atoms with Gasteiger partial charge in [0.25, 0.3) is 0 Å². The van der Waals surface area contributed by atoms with E-state index >= 15 is 0 Å². The van der Waals surface area contributed by atoms with E-state index in [1.807, 2.05) is 24.0 Å². The Morgan fingerprint density at radius 3 is 2.90 bits per heavy atom. The molecule has 1 aromatic carbocycles. The minimum Gasteiger partial charge on any atom is -0.339 e. The van der Waals surface area contributed by atoms with Crippen molar-refractivity contribution in [3.05, 3.63) is 47.1 Å². The first-order valence-corrected chi connectivity index (χ1v) is 7.32. The second-order valence-electron chi connectivity index (χ2n) is 5.50. The van der Waals surface area contributed by atoms with E-state index in [1.165, 1.54) is 11.1 Å². The molecule has 21 heavy (non-hydrogen) atoms. The lowest BCUT2D eigenvalue weighted by Gasteiger charge is -2.17. The van der Waals surface area contributed by atoms with Crippen LogP contribution in [0.1, 0.15) is 42.1 Å². The average molecular weight is 285 g/mol. The molecule has 1 fully saturated rings. The molecular weight excluding hydrogens is 266 g/mol. The molecule has 0 spiro atoms. The normalized spacial score (nSPS) is 18.5. The molecule has 2 aromatic rings. The lowest BCUT2D eigenvalue weighted by Crippen LogP contribution is -2.24. The van der Waals surface area contributed by atoms with Crippen molar-refractivity contribution in [2.45, 2.75) is 39.2 Å². The number of benzene rings is 1. The zero-order chi connectivity index (χ0) is 14.8. The van der Waals surface area contributed by atoms with Crippen LogP contribution in [0.15, 0.2) is 28.8 Å². The first-order chi connectivity index (χ1) is 10.2. The maximum Gasteiger partial charge on any atom is 0.232 e. The van der Waals surface area contributed by atoms with Crippen LogP contribution in [0.2, 0.25) is 0 Å². The fraction of sp³-hybridized carbons (Fsp3) is 0.438. The Bertz CT molecular complexity index is 650. The number of carbonyl (C=O) groups is 1. The van der Waals surface area contributed by atoms with Crippen molar-refractivity contribution in [1.29, 1.82) is 0 Å². The summed E-state index contributed by atoms with van der Waals surface area (Å²) in [6.45, 7) is 5.35. The maximum atomic E-state index is 12.2. The van der Waals surface area contributed by atoms with Crippen LogP contribution in [0.25, 0.3) is 0 Å². The van der Waals surface area contributed by atoms with Crippen LogP contribution in [0.3, 0.4) is 0 Å². The third-order valence-electron chi connectivity index (χ3n) is 3.99. The van der Waals surface area contributed by atoms with Gasteiger partial charge in [0, 0.05) is 25.9 Å². The highest BCUT2D eigenvalue weighted by Gasteiger charge is 2.34. The number of nitrogens with zero attached hydrogens (tertiary/aromatic N) is 3. The average Bonchev–Trinajstić information content (AvgIpc) is 3.08. The SMILES string of the molecule is CCc1noc(C2CC(=O)N(Cc3ccccc3C)C2)n1. The fourth-order valence-corrected chi connectivity index (χ4v) is 2.66. The summed E-state index contributed by atoms with van der Waals surface area (Å²) in [6, 6.07) is 8.15. The van der Waals surface area contributed by atoms with E-state index in [1.54, 1.807) is 0 Å². The Kier molecular flexibility index (Phi) is 3.73. The van der Waals surface area contributed by atoms with E-state index < -0.39 is 0 Å². The Labute approximate surface area is 124 Å². The molecule has 1 aliphatic rings. The summed E-state index contributed by atoms with van der Waals surface area (Å²) in [5.41, 5.74) is 2.39. The second-order valence-corrected chi connectivity index (χ2v) is 5.50. The molecule has 0 saturated carbocycles. The predicted octanol–water partition coefficient (Wildman–Crippen LogP) is 2.46. The number of rotatable bonds is 4. The van der Waals surface area contributed by atoms with Gasteiger partial charge < -0.3 is 9.42 Å². The van der Waals surface area contributed by atoms with Crippen molar-refractivity contribution in [2.75, 3.05) is 6.54 Å². The molecule has 2 heterocycles. The number of aromatic nitrogens is 2. The molecule has 5 nitrogen and oxygen atoms in total. The lowest BCUT2D eigenvalue weighted by molar-refractivity contribution is -0.128. The monoisotopic (exact) mass is 285 g/mol. The zero-order valence-corrected chi connectivity index (χ0v) is 12.4. The van der Waals surface area contributed by atoms with Crippen LogP contribution in [0.5, 0.6) is 0 Å². The van der Waals surface area contributed by atoms with Gasteiger partial charge in [0.2, 0.25) is 11.8 Å². The molecule has 5 heteroatoms. The van der Waals surface area contributed by atoms with Crippen LogP contribution in [0, 0.1) is 6.92 Å². The van der Waals surface area contributed by atoms with Crippen molar-refractivity contribution in [1.82, 2.24) is 15.0 Å². The zero-order valence-electron chi connectivity index (χ0n) is 12.4. The Morgan fingerprint density at radius 1 is 1.38 bits per heavy atom. The van der Waals surface area contributed by atoms with Gasteiger partial charge in [-0.25, -0.2) is 0 Å². The first kappa shape index (κ1) is 13.8. The third-order valence-corrected chi connectivity index (χ3v) is 3.99. The molecule has 1 amide bonds. The summed E-state index contributed by atoms with van der Waals surface area (Å²) < 4.78 is 5.27. The van der Waals surface area contributed by atoms with E-state index in [9.17, 15) is 4.79 Å². The van der Waals surface area contributed by atoms with Gasteiger partial charge in [0.15, 0.2) is 5.82 Å². The van der Waals surface area contributed by atoms with Gasteiger partial charge in [-0.1, -0.05) is 36.3 Å². The molecule has 0 bridgehead atoms. The summed E-state index contributed by atoms with van der Waals surface area (Å²) in [7, 11) is 0. The number of likely N-dealkylation sites (tertiary alicyclic amines) is 1. The highest BCUT2D eigenvalue weighted by atomic mass is 16.5. The van der Waals surface area contributed by atoms with Crippen LogP contribution < -0.4 is 0 Å². The van der Waals surface area contributed by atoms with E-state index in [2.05, 4.69) is 29.2 Å². The van der Waals surface area contributed by atoms with E-state index in [4.69, 9.17) is 4.52 Å². The van der Waals surface area contributed by atoms with Crippen LogP contribution in [-0.4, -0.2) is 27.5 Å². The smallest absolute Gasteiger partial charge is 0.232 e. The molecule has 3 rings (SSSR count). The molecule has 0 aliphatic carbocycles. The molecule has 1 unspecified atom stereocenters. The van der Waals surface area contributed by atoms with E-state index in [-0.39, 0.29) is 11.8 Å². The number of hydrogen-bond donors (Lipinski definition) is 0. The van der Waals surface area contributed by atoms with Crippen LogP contribution >= 0.6 is 0 Å². The standard InChI is InChI=1S/C16H19N3O2/c1-3-14-17-16(21-18-14)13-8-15(20)19(10-13)9-12-7-5-4-6-11(12)2/h4-7,13H,3,8-10H2,1-2H3. The summed E-state index contributed by atoms with van der Waals surface area (Å²) in [4.78, 5) is 18.4. The van der Waals surface area contributed by atoms with E-state index in [0.29, 0.717) is 31.2 Å². The highest BCUT2D eigenvalue weighted by Crippen LogP contribution is 2.28. The van der Waals surface area contributed by atoms with Crippen LogP contribution in [0.4, 0.5) is 0 Å². The number of aryl methyl sites for hydroxylation is 2. The van der Waals surface area contributed by atoms with Crippen molar-refractivity contribution < 1.29 is 9.32 Å². The van der Waals surface area contributed by atoms with Crippen molar-refractivity contribution in [3.8, 4) is 0 Å². The Balaban J connectivity index is 1.71. The van der Waals surface area contributed by atoms with Gasteiger partial charge >= 0.3 is 0 Å². The summed E-state index contributed by atoms with van der Waals surface area (Å²) in [6.07, 6.45) is 1.20. The van der Waals surface area contributed by atoms with Gasteiger partial charge in [-0.2, -0.15) is 4.98 Å². The van der Waals surface area contributed by atoms with Gasteiger partial charge in [0.1, 0.15) is 0 Å². The van der Waals surface area contributed by atoms with Gasteiger partial charge in [-0.15, -0.1) is 0 Å². The number of hydrogen-bond acceptors (Lipinski definition) is 4. The Morgan fingerprint density at radius 2 is 2.19 bits per heavy atom. The summed E-state index contributed by atoms with van der Waals surface area (Å²) in [5, 5.41) is 3.91. The van der Waals surface area contributed by atoms with Gasteiger partial charge in [0.05, 0.1) is 5.92 Å². The van der Waals surface area contributed by atoms with E-state index in [0.717, 1.165) is 6.42 Å². The van der Waals surface area contributed by atoms with Gasteiger partial charge in [-0.05, 0) is 18.1 Å². The number of amides is 1. The maximum absolute atomic E-state index is 12.2. The fourth-order valence-electron chi connectivity index (χ4n) is 2.66. The van der Waals surface area contributed by atoms with Crippen molar-refractivity contribution in [3.63, 3.8) is 0 Å². The molecule has 1 saturated heterocycles. The summed E-state index contributed by atoms with van der Waals surface area (Å²) in [5.74, 6) is 1.47. The van der Waals surface area contributed by atoms with Crippen molar-refractivity contribution in [2.24, 2.45) is 0 Å². The molecule has 0 radical (unpaired) electrons. The minimum absolute atomic E-state index is 0.0225. The highest BCUT2D eigenvalue weighted by molar-refractivity contribution is 5.79. The Hall–Kier alpha value is -2.17. The number of carbonyl (C=O) groups excluding carboxylic acids is 1. The molecule has 1 atom stereocenters. The van der Waals surface area contributed by atoms with Crippen molar-refractivity contribution >= 4 is 5.91 Å². The van der Waals surface area contributed by atoms with Crippen LogP contribution in [-0.2, 0) is 17.8 Å². The molecular formula is C16H19N3O2. The first-order valence-electron chi connectivity index (χ1n) is 7.32. The minimum atomic E-state index is 0.0225. The third kappa shape index (κ3) is 2.82. The molecule has 1 aliphatic heterocycles. The largest absolute Gasteiger partial charge is 0.339 e. The lowest BCUT2D eigenvalue weighted by atomic mass is 10.1. The quantitative estimate of drug-likeness (QED) is 0.865. The second kappa shape index (κ2) is 5.68. The predicted molar refractivity (Wildman–Crippen MR) is 77.6 cm³/mol. The van der Waals surface area contributed by atoms with Gasteiger partial charge in [-0.3, -0.25) is 4.79 Å². The topological polar surface area (TPSA) is 59.2 Å².